The number of aliphatic hydroxyl groups is 1. The third kappa shape index (κ3) is 5.70. The van der Waals surface area contributed by atoms with Gasteiger partial charge in [0.25, 0.3) is 0 Å². The molecule has 3 aromatic rings. The normalized spacial score (nSPS) is 18.6. The van der Waals surface area contributed by atoms with Gasteiger partial charge in [-0.1, -0.05) is 35.9 Å². The first-order chi connectivity index (χ1) is 18.3. The summed E-state index contributed by atoms with van der Waals surface area (Å²) in [6, 6.07) is 16.8. The van der Waals surface area contributed by atoms with Gasteiger partial charge in [-0.25, -0.2) is 4.79 Å². The van der Waals surface area contributed by atoms with Gasteiger partial charge < -0.3 is 24.6 Å². The number of halogens is 1. The molecule has 1 unspecified atom stereocenters. The van der Waals surface area contributed by atoms with Gasteiger partial charge in [0.2, 0.25) is 0 Å². The van der Waals surface area contributed by atoms with Crippen molar-refractivity contribution in [3.05, 3.63) is 94.3 Å². The first kappa shape index (κ1) is 26.2. The van der Waals surface area contributed by atoms with E-state index in [1.165, 1.54) is 6.92 Å². The summed E-state index contributed by atoms with van der Waals surface area (Å²) in [6.07, 6.45) is 5.10. The van der Waals surface area contributed by atoms with E-state index in [0.717, 1.165) is 54.0 Å². The summed E-state index contributed by atoms with van der Waals surface area (Å²) in [4.78, 5) is 18.2. The summed E-state index contributed by atoms with van der Waals surface area (Å²) in [7, 11) is 0. The van der Waals surface area contributed by atoms with Crippen LogP contribution in [0.5, 0.6) is 11.5 Å². The lowest BCUT2D eigenvalue weighted by molar-refractivity contribution is -0.144. The van der Waals surface area contributed by atoms with Gasteiger partial charge in [0, 0.05) is 42.0 Å². The minimum Gasteiger partial charge on any atom is -0.487 e. The molecule has 8 heteroatoms. The number of likely N-dealkylation sites (tertiary alicyclic amines) is 1. The summed E-state index contributed by atoms with van der Waals surface area (Å²) in [6.45, 7) is 4.30. The highest BCUT2D eigenvalue weighted by Gasteiger charge is 2.33. The van der Waals surface area contributed by atoms with Crippen molar-refractivity contribution in [1.82, 2.24) is 9.88 Å². The molecule has 0 bridgehead atoms. The number of nitrogens with zero attached hydrogens (tertiary/aromatic N) is 2. The Bertz CT molecular complexity index is 1330. The lowest BCUT2D eigenvalue weighted by Crippen LogP contribution is -2.42. The van der Waals surface area contributed by atoms with E-state index in [1.807, 2.05) is 48.5 Å². The maximum absolute atomic E-state index is 11.3. The molecule has 3 heterocycles. The van der Waals surface area contributed by atoms with Crippen molar-refractivity contribution in [1.29, 1.82) is 0 Å². The number of aromatic nitrogens is 1. The van der Waals surface area contributed by atoms with Gasteiger partial charge in [0.1, 0.15) is 18.1 Å². The van der Waals surface area contributed by atoms with Crippen molar-refractivity contribution in [3.8, 4) is 11.5 Å². The molecule has 5 rings (SSSR count). The third-order valence-electron chi connectivity index (χ3n) is 7.31. The number of hydrogen-bond acceptors (Lipinski definition) is 6. The molecule has 0 amide bonds. The molecule has 38 heavy (non-hydrogen) atoms. The summed E-state index contributed by atoms with van der Waals surface area (Å²) in [5.41, 5.74) is 3.77. The summed E-state index contributed by atoms with van der Waals surface area (Å²) >= 11 is 6.02. The average Bonchev–Trinajstić information content (AvgIpc) is 3.07. The van der Waals surface area contributed by atoms with E-state index in [-0.39, 0.29) is 0 Å². The third-order valence-corrected chi connectivity index (χ3v) is 7.56. The van der Waals surface area contributed by atoms with Crippen LogP contribution in [0.3, 0.4) is 0 Å². The quantitative estimate of drug-likeness (QED) is 0.426. The minimum atomic E-state index is -1.02. The lowest BCUT2D eigenvalue weighted by atomic mass is 9.84. The van der Waals surface area contributed by atoms with Crippen LogP contribution in [0.2, 0.25) is 5.02 Å². The standard InChI is InChI=1S/C30H31ClN2O5/c1-20(29(34)35)38-23-10-11-28-26(18-23)24(25-4-2-14-32-27(25)19-37-28)5-3-15-33-16-12-30(36,13-17-33)21-6-8-22(31)9-7-21/h2,4-11,14,18,20,36H,3,12-13,15-17,19H2,1H3,(H,34,35)/b24-5+. The van der Waals surface area contributed by atoms with Gasteiger partial charge in [-0.05, 0) is 73.7 Å². The molecule has 1 atom stereocenters. The van der Waals surface area contributed by atoms with E-state index in [2.05, 4.69) is 16.0 Å². The fraction of sp³-hybridized carbons (Fsp3) is 0.333. The highest BCUT2D eigenvalue weighted by molar-refractivity contribution is 6.30. The average molecular weight is 535 g/mol. The lowest BCUT2D eigenvalue weighted by Gasteiger charge is -2.38. The number of piperidine rings is 1. The van der Waals surface area contributed by atoms with Crippen LogP contribution in [-0.2, 0) is 17.0 Å². The summed E-state index contributed by atoms with van der Waals surface area (Å²) < 4.78 is 11.7. The number of carboxylic acid groups (broad SMARTS) is 1. The zero-order valence-corrected chi connectivity index (χ0v) is 22.0. The van der Waals surface area contributed by atoms with Crippen molar-refractivity contribution >= 4 is 23.1 Å². The number of rotatable bonds is 7. The second-order valence-electron chi connectivity index (χ2n) is 9.83. The number of carbonyl (C=O) groups is 1. The number of aliphatic carboxylic acids is 1. The molecule has 0 saturated carbocycles. The predicted molar refractivity (Wildman–Crippen MR) is 145 cm³/mol. The van der Waals surface area contributed by atoms with E-state index in [9.17, 15) is 15.0 Å². The van der Waals surface area contributed by atoms with Crippen molar-refractivity contribution < 1.29 is 24.5 Å². The Hall–Kier alpha value is -3.39. The highest BCUT2D eigenvalue weighted by Crippen LogP contribution is 2.39. The van der Waals surface area contributed by atoms with Gasteiger partial charge in [-0.3, -0.25) is 4.98 Å². The number of ether oxygens (including phenoxy) is 2. The van der Waals surface area contributed by atoms with Crippen LogP contribution in [0.4, 0.5) is 0 Å². The Balaban J connectivity index is 1.33. The molecule has 2 aromatic carbocycles. The van der Waals surface area contributed by atoms with E-state index in [4.69, 9.17) is 21.1 Å². The number of benzene rings is 2. The van der Waals surface area contributed by atoms with Crippen molar-refractivity contribution in [2.75, 3.05) is 19.6 Å². The van der Waals surface area contributed by atoms with Gasteiger partial charge >= 0.3 is 5.97 Å². The van der Waals surface area contributed by atoms with Crippen LogP contribution in [0.1, 0.15) is 48.6 Å². The largest absolute Gasteiger partial charge is 0.487 e. The fourth-order valence-corrected chi connectivity index (χ4v) is 5.20. The maximum atomic E-state index is 11.3. The van der Waals surface area contributed by atoms with Gasteiger partial charge in [-0.15, -0.1) is 0 Å². The zero-order valence-electron chi connectivity index (χ0n) is 21.3. The molecule has 0 aliphatic carbocycles. The molecule has 1 aromatic heterocycles. The second kappa shape index (κ2) is 11.2. The zero-order chi connectivity index (χ0) is 26.7. The number of carboxylic acids is 1. The molecule has 1 fully saturated rings. The SMILES string of the molecule is CC(Oc1ccc2c(c1)/C(=C/CCN1CCC(O)(c3ccc(Cl)cc3)CC1)c1cccnc1CO2)C(=O)O. The number of hydrogen-bond donors (Lipinski definition) is 2. The number of pyridine rings is 1. The van der Waals surface area contributed by atoms with Crippen LogP contribution in [-0.4, -0.2) is 51.8 Å². The highest BCUT2D eigenvalue weighted by atomic mass is 35.5. The Labute approximate surface area is 227 Å². The van der Waals surface area contributed by atoms with Crippen molar-refractivity contribution in [2.24, 2.45) is 0 Å². The fourth-order valence-electron chi connectivity index (χ4n) is 5.07. The van der Waals surface area contributed by atoms with Crippen LogP contribution in [0.25, 0.3) is 5.57 Å². The van der Waals surface area contributed by atoms with E-state index < -0.39 is 17.7 Å². The molecule has 2 N–H and O–H groups in total. The molecular formula is C30H31ClN2O5. The molecule has 7 nitrogen and oxygen atoms in total. The van der Waals surface area contributed by atoms with Gasteiger partial charge in [0.05, 0.1) is 11.3 Å². The molecule has 2 aliphatic rings. The van der Waals surface area contributed by atoms with Crippen LogP contribution in [0.15, 0.2) is 66.9 Å². The Kier molecular flexibility index (Phi) is 7.70. The maximum Gasteiger partial charge on any atom is 0.344 e. The molecule has 1 saturated heterocycles. The smallest absolute Gasteiger partial charge is 0.344 e. The van der Waals surface area contributed by atoms with Crippen LogP contribution >= 0.6 is 11.6 Å². The monoisotopic (exact) mass is 534 g/mol. The first-order valence-corrected chi connectivity index (χ1v) is 13.2. The van der Waals surface area contributed by atoms with Crippen LogP contribution in [0, 0.1) is 0 Å². The Morgan fingerprint density at radius 1 is 1.18 bits per heavy atom. The predicted octanol–water partition coefficient (Wildman–Crippen LogP) is 5.28. The minimum absolute atomic E-state index is 0.349. The molecule has 198 valence electrons. The Morgan fingerprint density at radius 3 is 2.68 bits per heavy atom. The summed E-state index contributed by atoms with van der Waals surface area (Å²) in [5.74, 6) is 0.152. The van der Waals surface area contributed by atoms with Gasteiger partial charge in [0.15, 0.2) is 6.10 Å². The van der Waals surface area contributed by atoms with E-state index in [0.29, 0.717) is 36.0 Å². The van der Waals surface area contributed by atoms with Crippen molar-refractivity contribution in [3.63, 3.8) is 0 Å². The Morgan fingerprint density at radius 2 is 1.95 bits per heavy atom. The number of fused-ring (bicyclic) bond motifs is 2. The van der Waals surface area contributed by atoms with Crippen molar-refractivity contribution in [2.45, 2.75) is 44.5 Å². The molecule has 0 radical (unpaired) electrons. The summed E-state index contributed by atoms with van der Waals surface area (Å²) in [5, 5.41) is 21.1. The van der Waals surface area contributed by atoms with E-state index >= 15 is 0 Å². The van der Waals surface area contributed by atoms with Crippen LogP contribution < -0.4 is 9.47 Å². The second-order valence-corrected chi connectivity index (χ2v) is 10.3. The van der Waals surface area contributed by atoms with Gasteiger partial charge in [-0.2, -0.15) is 0 Å². The first-order valence-electron chi connectivity index (χ1n) is 12.8. The molecular weight excluding hydrogens is 504 g/mol. The molecule has 0 spiro atoms. The van der Waals surface area contributed by atoms with E-state index in [1.54, 1.807) is 12.3 Å². The molecule has 2 aliphatic heterocycles. The topological polar surface area (TPSA) is 92.1 Å².